The van der Waals surface area contributed by atoms with Crippen LogP contribution in [0, 0.1) is 0 Å². The molecule has 0 aliphatic carbocycles. The summed E-state index contributed by atoms with van der Waals surface area (Å²) in [5.74, 6) is 0.651. The topological polar surface area (TPSA) is 58.1 Å². The third kappa shape index (κ3) is 3.03. The fourth-order valence-corrected chi connectivity index (χ4v) is 2.69. The van der Waals surface area contributed by atoms with E-state index in [4.69, 9.17) is 0 Å². The molecule has 2 atom stereocenters. The lowest BCUT2D eigenvalue weighted by molar-refractivity contribution is 0.0504. The van der Waals surface area contributed by atoms with Gasteiger partial charge >= 0.3 is 0 Å². The Morgan fingerprint density at radius 1 is 1.37 bits per heavy atom. The average molecular weight is 262 g/mol. The summed E-state index contributed by atoms with van der Waals surface area (Å²) in [6.45, 7) is 6.97. The van der Waals surface area contributed by atoms with Crippen molar-refractivity contribution >= 4 is 11.7 Å². The van der Waals surface area contributed by atoms with Crippen LogP contribution in [0.1, 0.15) is 50.5 Å². The van der Waals surface area contributed by atoms with Crippen LogP contribution >= 0.6 is 0 Å². The zero-order chi connectivity index (χ0) is 13.8. The number of nitrogens with one attached hydrogen (secondary N) is 1. The monoisotopic (exact) mass is 262 g/mol. The van der Waals surface area contributed by atoms with Crippen molar-refractivity contribution in [2.45, 2.75) is 52.1 Å². The Morgan fingerprint density at radius 2 is 2.05 bits per heavy atom. The third-order valence-corrected chi connectivity index (χ3v) is 3.64. The predicted molar refractivity (Wildman–Crippen MR) is 75.1 cm³/mol. The van der Waals surface area contributed by atoms with Crippen LogP contribution in [-0.2, 0) is 0 Å². The summed E-state index contributed by atoms with van der Waals surface area (Å²) in [4.78, 5) is 23.0. The Balaban J connectivity index is 2.20. The number of aromatic nitrogens is 2. The molecule has 1 aliphatic heterocycles. The first-order valence-corrected chi connectivity index (χ1v) is 7.02. The van der Waals surface area contributed by atoms with Gasteiger partial charge < -0.3 is 10.2 Å². The molecule has 1 aliphatic rings. The lowest BCUT2D eigenvalue weighted by Gasteiger charge is -2.38. The van der Waals surface area contributed by atoms with E-state index in [2.05, 4.69) is 29.1 Å². The molecule has 1 N–H and O–H groups in total. The number of amides is 1. The van der Waals surface area contributed by atoms with E-state index >= 15 is 0 Å². The summed E-state index contributed by atoms with van der Waals surface area (Å²) in [5.41, 5.74) is 0.430. The Hall–Kier alpha value is -1.65. The van der Waals surface area contributed by atoms with E-state index in [0.29, 0.717) is 11.5 Å². The molecule has 2 unspecified atom stereocenters. The molecule has 0 radical (unpaired) electrons. The highest BCUT2D eigenvalue weighted by atomic mass is 16.2. The van der Waals surface area contributed by atoms with Crippen LogP contribution in [-0.4, -0.2) is 39.4 Å². The molecule has 5 heteroatoms. The van der Waals surface area contributed by atoms with E-state index in [-0.39, 0.29) is 18.0 Å². The molecular weight excluding hydrogens is 240 g/mol. The molecule has 2 heterocycles. The second-order valence-electron chi connectivity index (χ2n) is 5.16. The van der Waals surface area contributed by atoms with Gasteiger partial charge in [-0.25, -0.2) is 4.98 Å². The fraction of sp³-hybridized carbons (Fsp3) is 0.643. The number of hydrogen-bond donors (Lipinski definition) is 1. The minimum atomic E-state index is -0.00745. The molecule has 5 nitrogen and oxygen atoms in total. The molecule has 2 rings (SSSR count). The summed E-state index contributed by atoms with van der Waals surface area (Å²) in [6.07, 6.45) is 6.52. The van der Waals surface area contributed by atoms with Gasteiger partial charge in [-0.15, -0.1) is 0 Å². The number of piperidine rings is 1. The van der Waals surface area contributed by atoms with Crippen molar-refractivity contribution in [2.24, 2.45) is 0 Å². The minimum absolute atomic E-state index is 0.00745. The first-order chi connectivity index (χ1) is 9.13. The van der Waals surface area contributed by atoms with Gasteiger partial charge in [0.15, 0.2) is 0 Å². The van der Waals surface area contributed by atoms with Gasteiger partial charge in [-0.3, -0.25) is 9.78 Å². The summed E-state index contributed by atoms with van der Waals surface area (Å²) in [6, 6.07) is 0.557. The van der Waals surface area contributed by atoms with Gasteiger partial charge in [-0.2, -0.15) is 0 Å². The maximum absolute atomic E-state index is 12.6. The molecule has 1 aromatic rings. The molecule has 1 aromatic heterocycles. The number of nitrogens with zero attached hydrogens (tertiary/aromatic N) is 3. The van der Waals surface area contributed by atoms with Crippen molar-refractivity contribution in [3.8, 4) is 0 Å². The fourth-order valence-electron chi connectivity index (χ4n) is 2.69. The molecule has 104 valence electrons. The van der Waals surface area contributed by atoms with Crippen molar-refractivity contribution in [1.82, 2.24) is 14.9 Å². The van der Waals surface area contributed by atoms with Gasteiger partial charge in [0.05, 0.1) is 12.4 Å². The first kappa shape index (κ1) is 13.8. The van der Waals surface area contributed by atoms with Crippen molar-refractivity contribution in [3.63, 3.8) is 0 Å². The van der Waals surface area contributed by atoms with Crippen LogP contribution in [0.15, 0.2) is 12.4 Å². The zero-order valence-corrected chi connectivity index (χ0v) is 11.9. The number of rotatable bonds is 3. The molecule has 19 heavy (non-hydrogen) atoms. The van der Waals surface area contributed by atoms with Gasteiger partial charge in [0.1, 0.15) is 11.5 Å². The van der Waals surface area contributed by atoms with Crippen LogP contribution in [0.4, 0.5) is 5.82 Å². The smallest absolute Gasteiger partial charge is 0.274 e. The van der Waals surface area contributed by atoms with Gasteiger partial charge in [0.25, 0.3) is 5.91 Å². The van der Waals surface area contributed by atoms with E-state index in [9.17, 15) is 4.79 Å². The van der Waals surface area contributed by atoms with Crippen LogP contribution in [0.5, 0.6) is 0 Å². The van der Waals surface area contributed by atoms with Crippen molar-refractivity contribution in [1.29, 1.82) is 0 Å². The van der Waals surface area contributed by atoms with Crippen molar-refractivity contribution < 1.29 is 4.79 Å². The Kier molecular flexibility index (Phi) is 4.35. The number of anilines is 1. The summed E-state index contributed by atoms with van der Waals surface area (Å²) in [5, 5.41) is 3.08. The van der Waals surface area contributed by atoms with Crippen LogP contribution in [0.3, 0.4) is 0 Å². The zero-order valence-electron chi connectivity index (χ0n) is 11.9. The number of hydrogen-bond acceptors (Lipinski definition) is 4. The molecule has 1 saturated heterocycles. The molecule has 0 bridgehead atoms. The standard InChI is InChI=1S/C14H22N4O/c1-4-16-13-9-15-8-12(17-13)14(19)18-10(2)6-5-7-11(18)3/h8-11H,4-7H2,1-3H3,(H,16,17). The highest BCUT2D eigenvalue weighted by Gasteiger charge is 2.30. The largest absolute Gasteiger partial charge is 0.369 e. The van der Waals surface area contributed by atoms with Crippen LogP contribution < -0.4 is 5.32 Å². The maximum atomic E-state index is 12.6. The van der Waals surface area contributed by atoms with Crippen molar-refractivity contribution in [3.05, 3.63) is 18.1 Å². The Bertz CT molecular complexity index is 439. The van der Waals surface area contributed by atoms with E-state index in [1.807, 2.05) is 11.8 Å². The quantitative estimate of drug-likeness (QED) is 0.908. The summed E-state index contributed by atoms with van der Waals surface area (Å²) in [7, 11) is 0. The van der Waals surface area contributed by atoms with Gasteiger partial charge in [-0.1, -0.05) is 0 Å². The number of likely N-dealkylation sites (tertiary alicyclic amines) is 1. The predicted octanol–water partition coefficient (Wildman–Crippen LogP) is 2.31. The van der Waals surface area contributed by atoms with Crippen molar-refractivity contribution in [2.75, 3.05) is 11.9 Å². The SMILES string of the molecule is CCNc1cncc(C(=O)N2C(C)CCCC2C)n1. The number of carbonyl (C=O) groups is 1. The van der Waals surface area contributed by atoms with Gasteiger partial charge in [0, 0.05) is 18.6 Å². The highest BCUT2D eigenvalue weighted by molar-refractivity contribution is 5.92. The van der Waals surface area contributed by atoms with Crippen LogP contribution in [0.25, 0.3) is 0 Å². The molecular formula is C14H22N4O. The molecule has 0 aromatic carbocycles. The molecule has 1 fully saturated rings. The van der Waals surface area contributed by atoms with E-state index in [1.54, 1.807) is 12.4 Å². The van der Waals surface area contributed by atoms with E-state index in [1.165, 1.54) is 6.42 Å². The second kappa shape index (κ2) is 5.99. The van der Waals surface area contributed by atoms with E-state index in [0.717, 1.165) is 19.4 Å². The highest BCUT2D eigenvalue weighted by Crippen LogP contribution is 2.24. The average Bonchev–Trinajstić information content (AvgIpc) is 2.39. The molecule has 1 amide bonds. The minimum Gasteiger partial charge on any atom is -0.369 e. The Morgan fingerprint density at radius 3 is 2.68 bits per heavy atom. The van der Waals surface area contributed by atoms with Crippen LogP contribution in [0.2, 0.25) is 0 Å². The summed E-state index contributed by atoms with van der Waals surface area (Å²) >= 11 is 0. The Labute approximate surface area is 114 Å². The first-order valence-electron chi connectivity index (χ1n) is 7.02. The van der Waals surface area contributed by atoms with Gasteiger partial charge in [-0.05, 0) is 40.0 Å². The maximum Gasteiger partial charge on any atom is 0.274 e. The molecule has 0 spiro atoms. The normalized spacial score (nSPS) is 23.2. The van der Waals surface area contributed by atoms with Gasteiger partial charge in [0.2, 0.25) is 0 Å². The number of carbonyl (C=O) groups excluding carboxylic acids is 1. The lowest BCUT2D eigenvalue weighted by atomic mass is 9.97. The second-order valence-corrected chi connectivity index (χ2v) is 5.16. The summed E-state index contributed by atoms with van der Waals surface area (Å²) < 4.78 is 0. The molecule has 0 saturated carbocycles. The van der Waals surface area contributed by atoms with E-state index < -0.39 is 0 Å². The lowest BCUT2D eigenvalue weighted by Crippen LogP contribution is -2.47. The third-order valence-electron chi connectivity index (χ3n) is 3.64.